The molecule has 1 aromatic carbocycles. The summed E-state index contributed by atoms with van der Waals surface area (Å²) in [6.45, 7) is 7.25. The minimum atomic E-state index is -0.246. The number of piperidine rings is 1. The summed E-state index contributed by atoms with van der Waals surface area (Å²) in [5, 5.41) is 0. The zero-order valence-electron chi connectivity index (χ0n) is 13.1. The quantitative estimate of drug-likeness (QED) is 0.851. The first-order valence-corrected chi connectivity index (χ1v) is 7.65. The number of hydrogen-bond donors (Lipinski definition) is 0. The molecule has 0 radical (unpaired) electrons. The predicted molar refractivity (Wildman–Crippen MR) is 80.8 cm³/mol. The summed E-state index contributed by atoms with van der Waals surface area (Å²) < 4.78 is 19.6. The van der Waals surface area contributed by atoms with Crippen LogP contribution >= 0.6 is 0 Å². The van der Waals surface area contributed by atoms with E-state index in [0.717, 1.165) is 24.8 Å². The zero-order chi connectivity index (χ0) is 15.4. The number of rotatable bonds is 4. The molecule has 3 nitrogen and oxygen atoms in total. The molecule has 0 aromatic heterocycles. The Kier molecular flexibility index (Phi) is 5.21. The first kappa shape index (κ1) is 15.8. The number of carbonyl (C=O) groups excluding carboxylic acids is 1. The van der Waals surface area contributed by atoms with Crippen LogP contribution in [0.1, 0.15) is 39.2 Å². The first-order chi connectivity index (χ1) is 9.94. The average molecular weight is 293 g/mol. The van der Waals surface area contributed by atoms with E-state index in [-0.39, 0.29) is 17.8 Å². The van der Waals surface area contributed by atoms with Crippen LogP contribution in [-0.2, 0) is 11.2 Å². The van der Waals surface area contributed by atoms with Gasteiger partial charge in [0, 0.05) is 38.9 Å². The minimum absolute atomic E-state index is 0.0642. The monoisotopic (exact) mass is 293 g/mol. The third kappa shape index (κ3) is 4.73. The number of halogens is 1. The fraction of sp³-hybridized carbons (Fsp3) is 0.588. The smallest absolute Gasteiger partial charge is 0.219 e. The molecule has 1 fully saturated rings. The van der Waals surface area contributed by atoms with Crippen molar-refractivity contribution >= 4 is 5.91 Å². The van der Waals surface area contributed by atoms with E-state index < -0.39 is 0 Å². The maximum absolute atomic E-state index is 13.7. The molecule has 0 unspecified atom stereocenters. The molecule has 0 spiro atoms. The Morgan fingerprint density at radius 3 is 2.57 bits per heavy atom. The van der Waals surface area contributed by atoms with Crippen LogP contribution in [0.2, 0.25) is 0 Å². The molecule has 1 amide bonds. The van der Waals surface area contributed by atoms with Crippen molar-refractivity contribution in [3.63, 3.8) is 0 Å². The van der Waals surface area contributed by atoms with Gasteiger partial charge in [-0.05, 0) is 30.0 Å². The Morgan fingerprint density at radius 2 is 2.00 bits per heavy atom. The standard InChI is InChI=1S/C17H24FNO2/c1-12(2)8-14-9-15(18)11-17(10-14)21-16-4-6-19(7-5-16)13(3)20/h9-12,16H,4-8H2,1-3H3. The van der Waals surface area contributed by atoms with Crippen molar-refractivity contribution < 1.29 is 13.9 Å². The average Bonchev–Trinajstić information content (AvgIpc) is 2.37. The van der Waals surface area contributed by atoms with Crippen LogP contribution in [0.4, 0.5) is 4.39 Å². The fourth-order valence-electron chi connectivity index (χ4n) is 2.76. The van der Waals surface area contributed by atoms with Crippen LogP contribution in [-0.4, -0.2) is 30.0 Å². The fourth-order valence-corrected chi connectivity index (χ4v) is 2.76. The van der Waals surface area contributed by atoms with Crippen LogP contribution in [0.5, 0.6) is 5.75 Å². The molecular weight excluding hydrogens is 269 g/mol. The van der Waals surface area contributed by atoms with E-state index in [4.69, 9.17) is 4.74 Å². The highest BCUT2D eigenvalue weighted by Gasteiger charge is 2.22. The molecule has 1 aliphatic heterocycles. The van der Waals surface area contributed by atoms with Crippen LogP contribution in [0.3, 0.4) is 0 Å². The Hall–Kier alpha value is -1.58. The summed E-state index contributed by atoms with van der Waals surface area (Å²) >= 11 is 0. The summed E-state index contributed by atoms with van der Waals surface area (Å²) in [5.74, 6) is 0.952. The third-order valence-electron chi connectivity index (χ3n) is 3.77. The summed E-state index contributed by atoms with van der Waals surface area (Å²) in [5.41, 5.74) is 0.973. The van der Waals surface area contributed by atoms with Crippen molar-refractivity contribution in [1.82, 2.24) is 4.90 Å². The highest BCUT2D eigenvalue weighted by molar-refractivity contribution is 5.73. The molecule has 0 N–H and O–H groups in total. The van der Waals surface area contributed by atoms with Crippen molar-refractivity contribution in [1.29, 1.82) is 0 Å². The van der Waals surface area contributed by atoms with E-state index in [1.807, 2.05) is 11.0 Å². The maximum Gasteiger partial charge on any atom is 0.219 e. The number of amides is 1. The molecule has 0 atom stereocenters. The van der Waals surface area contributed by atoms with E-state index in [9.17, 15) is 9.18 Å². The van der Waals surface area contributed by atoms with E-state index in [1.165, 1.54) is 6.07 Å². The van der Waals surface area contributed by atoms with Gasteiger partial charge in [-0.3, -0.25) is 4.79 Å². The van der Waals surface area contributed by atoms with Gasteiger partial charge in [0.15, 0.2) is 0 Å². The second-order valence-electron chi connectivity index (χ2n) is 6.22. The van der Waals surface area contributed by atoms with Crippen LogP contribution < -0.4 is 4.74 Å². The molecule has 1 saturated heterocycles. The Bertz CT molecular complexity index is 494. The molecule has 1 aliphatic rings. The van der Waals surface area contributed by atoms with E-state index in [0.29, 0.717) is 24.8 Å². The lowest BCUT2D eigenvalue weighted by Crippen LogP contribution is -2.40. The molecule has 1 heterocycles. The zero-order valence-corrected chi connectivity index (χ0v) is 13.1. The van der Waals surface area contributed by atoms with Gasteiger partial charge in [-0.25, -0.2) is 4.39 Å². The molecule has 0 bridgehead atoms. The van der Waals surface area contributed by atoms with Gasteiger partial charge >= 0.3 is 0 Å². The largest absolute Gasteiger partial charge is 0.490 e. The van der Waals surface area contributed by atoms with Crippen molar-refractivity contribution in [2.24, 2.45) is 5.92 Å². The SMILES string of the molecule is CC(=O)N1CCC(Oc2cc(F)cc(CC(C)C)c2)CC1. The Morgan fingerprint density at radius 1 is 1.33 bits per heavy atom. The summed E-state index contributed by atoms with van der Waals surface area (Å²) in [6.07, 6.45) is 2.51. The van der Waals surface area contributed by atoms with Crippen molar-refractivity contribution in [2.45, 2.75) is 46.1 Å². The Balaban J connectivity index is 1.97. The topological polar surface area (TPSA) is 29.5 Å². The minimum Gasteiger partial charge on any atom is -0.490 e. The lowest BCUT2D eigenvalue weighted by atomic mass is 10.0. The van der Waals surface area contributed by atoms with Crippen LogP contribution in [0.25, 0.3) is 0 Å². The van der Waals surface area contributed by atoms with Crippen LogP contribution in [0.15, 0.2) is 18.2 Å². The number of likely N-dealkylation sites (tertiary alicyclic amines) is 1. The molecule has 116 valence electrons. The molecular formula is C17H24FNO2. The van der Waals surface area contributed by atoms with Crippen molar-refractivity contribution in [3.8, 4) is 5.75 Å². The molecule has 4 heteroatoms. The second-order valence-corrected chi connectivity index (χ2v) is 6.22. The van der Waals surface area contributed by atoms with Crippen molar-refractivity contribution in [2.75, 3.05) is 13.1 Å². The normalized spacial score (nSPS) is 16.3. The molecule has 2 rings (SSSR count). The molecule has 21 heavy (non-hydrogen) atoms. The highest BCUT2D eigenvalue weighted by Crippen LogP contribution is 2.23. The van der Waals surface area contributed by atoms with Gasteiger partial charge in [0.25, 0.3) is 0 Å². The number of ether oxygens (including phenoxy) is 1. The third-order valence-corrected chi connectivity index (χ3v) is 3.77. The first-order valence-electron chi connectivity index (χ1n) is 7.65. The van der Waals surface area contributed by atoms with Gasteiger partial charge in [0.05, 0.1) is 0 Å². The summed E-state index contributed by atoms with van der Waals surface area (Å²) in [7, 11) is 0. The lowest BCUT2D eigenvalue weighted by Gasteiger charge is -2.31. The maximum atomic E-state index is 13.7. The molecule has 0 saturated carbocycles. The van der Waals surface area contributed by atoms with Crippen molar-refractivity contribution in [3.05, 3.63) is 29.6 Å². The molecule has 1 aromatic rings. The summed E-state index contributed by atoms with van der Waals surface area (Å²) in [6, 6.07) is 4.95. The van der Waals surface area contributed by atoms with Gasteiger partial charge in [0.2, 0.25) is 5.91 Å². The predicted octanol–water partition coefficient (Wildman–Crippen LogP) is 3.41. The van der Waals surface area contributed by atoms with E-state index in [1.54, 1.807) is 13.0 Å². The second kappa shape index (κ2) is 6.92. The van der Waals surface area contributed by atoms with E-state index in [2.05, 4.69) is 13.8 Å². The number of hydrogen-bond acceptors (Lipinski definition) is 2. The number of benzene rings is 1. The van der Waals surface area contributed by atoms with Gasteiger partial charge in [-0.1, -0.05) is 13.8 Å². The van der Waals surface area contributed by atoms with Crippen LogP contribution in [0, 0.1) is 11.7 Å². The number of nitrogens with zero attached hydrogens (tertiary/aromatic N) is 1. The number of carbonyl (C=O) groups is 1. The van der Waals surface area contributed by atoms with E-state index >= 15 is 0 Å². The van der Waals surface area contributed by atoms with Gasteiger partial charge in [-0.2, -0.15) is 0 Å². The van der Waals surface area contributed by atoms with Gasteiger partial charge in [0.1, 0.15) is 17.7 Å². The Labute approximate surface area is 126 Å². The highest BCUT2D eigenvalue weighted by atomic mass is 19.1. The summed E-state index contributed by atoms with van der Waals surface area (Å²) in [4.78, 5) is 13.1. The lowest BCUT2D eigenvalue weighted by molar-refractivity contribution is -0.130. The van der Waals surface area contributed by atoms with Gasteiger partial charge < -0.3 is 9.64 Å². The van der Waals surface area contributed by atoms with Gasteiger partial charge in [-0.15, -0.1) is 0 Å². The molecule has 0 aliphatic carbocycles.